The summed E-state index contributed by atoms with van der Waals surface area (Å²) < 4.78 is 0. The van der Waals surface area contributed by atoms with Crippen molar-refractivity contribution in [1.82, 2.24) is 9.97 Å². The Kier molecular flexibility index (Phi) is 6.69. The van der Waals surface area contributed by atoms with Crippen molar-refractivity contribution in [3.63, 3.8) is 0 Å². The third-order valence-electron chi connectivity index (χ3n) is 3.43. The maximum absolute atomic E-state index is 12.3. The van der Waals surface area contributed by atoms with Gasteiger partial charge in [0.15, 0.2) is 0 Å². The smallest absolute Gasteiger partial charge is 0.337 e. The van der Waals surface area contributed by atoms with Gasteiger partial charge < -0.3 is 10.4 Å². The molecule has 0 aliphatic rings. The number of hydrogen-bond acceptors (Lipinski definition) is 6. The topological polar surface area (TPSA) is 116 Å². The molecule has 0 saturated heterocycles. The molecule has 0 saturated carbocycles. The van der Waals surface area contributed by atoms with E-state index in [-0.39, 0.29) is 22.5 Å². The predicted octanol–water partition coefficient (Wildman–Crippen LogP) is 3.44. The van der Waals surface area contributed by atoms with Gasteiger partial charge in [0.25, 0.3) is 5.91 Å². The molecule has 0 fully saturated rings. The average molecular weight is 370 g/mol. The van der Waals surface area contributed by atoms with Crippen LogP contribution >= 0.6 is 11.8 Å². The van der Waals surface area contributed by atoms with E-state index in [0.29, 0.717) is 5.92 Å². The molecule has 1 aromatic heterocycles. The second kappa shape index (κ2) is 8.97. The number of carbonyl (C=O) groups is 2. The van der Waals surface area contributed by atoms with E-state index in [2.05, 4.69) is 29.1 Å². The number of hydrogen-bond donors (Lipinski definition) is 2. The molecule has 0 unspecified atom stereocenters. The fraction of sp³-hybridized carbons (Fsp3) is 0.278. The number of rotatable bonds is 7. The number of benzene rings is 1. The van der Waals surface area contributed by atoms with Crippen LogP contribution in [-0.4, -0.2) is 32.7 Å². The maximum atomic E-state index is 12.3. The highest BCUT2D eigenvalue weighted by molar-refractivity contribution is 7.99. The zero-order valence-electron chi connectivity index (χ0n) is 14.4. The van der Waals surface area contributed by atoms with Crippen LogP contribution in [0.3, 0.4) is 0 Å². The van der Waals surface area contributed by atoms with Gasteiger partial charge in [0.1, 0.15) is 10.7 Å². The van der Waals surface area contributed by atoms with Crippen LogP contribution in [0, 0.1) is 17.2 Å². The van der Waals surface area contributed by atoms with E-state index in [0.717, 1.165) is 17.2 Å². The number of anilines is 1. The van der Waals surface area contributed by atoms with Gasteiger partial charge in [0, 0.05) is 0 Å². The Morgan fingerprint density at radius 1 is 1.31 bits per heavy atom. The van der Waals surface area contributed by atoms with Crippen LogP contribution in [0.5, 0.6) is 0 Å². The Hall–Kier alpha value is -2.92. The lowest BCUT2D eigenvalue weighted by molar-refractivity contribution is 0.0698. The van der Waals surface area contributed by atoms with Crippen LogP contribution in [0.15, 0.2) is 35.6 Å². The van der Waals surface area contributed by atoms with Gasteiger partial charge >= 0.3 is 5.97 Å². The summed E-state index contributed by atoms with van der Waals surface area (Å²) >= 11 is 1.57. The summed E-state index contributed by atoms with van der Waals surface area (Å²) in [6.07, 6.45) is 3.94. The van der Waals surface area contributed by atoms with E-state index in [9.17, 15) is 14.7 Å². The molecule has 0 radical (unpaired) electrons. The summed E-state index contributed by atoms with van der Waals surface area (Å²) in [4.78, 5) is 31.9. The Morgan fingerprint density at radius 3 is 2.65 bits per heavy atom. The summed E-state index contributed by atoms with van der Waals surface area (Å²) in [6, 6.07) is 5.88. The van der Waals surface area contributed by atoms with Crippen molar-refractivity contribution >= 4 is 29.3 Å². The average Bonchev–Trinajstić information content (AvgIpc) is 2.62. The number of carboxylic acid groups (broad SMARTS) is 1. The second-order valence-electron chi connectivity index (χ2n) is 5.90. The summed E-state index contributed by atoms with van der Waals surface area (Å²) in [7, 11) is 0. The van der Waals surface area contributed by atoms with Gasteiger partial charge in [-0.15, -0.1) is 11.8 Å². The van der Waals surface area contributed by atoms with Crippen molar-refractivity contribution in [1.29, 1.82) is 5.26 Å². The van der Waals surface area contributed by atoms with Crippen LogP contribution < -0.4 is 5.32 Å². The van der Waals surface area contributed by atoms with Crippen molar-refractivity contribution in [3.8, 4) is 6.07 Å². The highest BCUT2D eigenvalue weighted by Gasteiger charge is 2.15. The van der Waals surface area contributed by atoms with Crippen LogP contribution in [-0.2, 0) is 0 Å². The van der Waals surface area contributed by atoms with Gasteiger partial charge in [-0.25, -0.2) is 14.8 Å². The number of aromatic carboxylic acids is 1. The highest BCUT2D eigenvalue weighted by atomic mass is 32.2. The molecule has 1 heterocycles. The van der Waals surface area contributed by atoms with Crippen molar-refractivity contribution in [2.45, 2.75) is 25.3 Å². The normalized spacial score (nSPS) is 10.4. The van der Waals surface area contributed by atoms with E-state index in [1.807, 2.05) is 6.07 Å². The predicted molar refractivity (Wildman–Crippen MR) is 98.3 cm³/mol. The molecule has 8 heteroatoms. The molecule has 134 valence electrons. The summed E-state index contributed by atoms with van der Waals surface area (Å²) in [5.74, 6) is -0.273. The quantitative estimate of drug-likeness (QED) is 0.717. The lowest BCUT2D eigenvalue weighted by atomic mass is 10.1. The number of nitrogens with zero attached hydrogens (tertiary/aromatic N) is 3. The van der Waals surface area contributed by atoms with E-state index in [4.69, 9.17) is 5.26 Å². The first-order chi connectivity index (χ1) is 12.4. The number of nitrogens with one attached hydrogen (secondary N) is 1. The molecule has 0 spiro atoms. The Balaban J connectivity index is 2.08. The Bertz CT molecular complexity index is 845. The van der Waals surface area contributed by atoms with Crippen molar-refractivity contribution in [2.24, 2.45) is 5.92 Å². The number of carboxylic acids is 1. The highest BCUT2D eigenvalue weighted by Crippen LogP contribution is 2.20. The first-order valence-electron chi connectivity index (χ1n) is 7.94. The van der Waals surface area contributed by atoms with Gasteiger partial charge in [-0.2, -0.15) is 5.26 Å². The fourth-order valence-corrected chi connectivity index (χ4v) is 3.05. The van der Waals surface area contributed by atoms with E-state index in [1.54, 1.807) is 11.8 Å². The molecule has 0 aliphatic carbocycles. The van der Waals surface area contributed by atoms with Crippen molar-refractivity contribution < 1.29 is 14.7 Å². The largest absolute Gasteiger partial charge is 0.478 e. The number of nitriles is 1. The van der Waals surface area contributed by atoms with Crippen LogP contribution in [0.1, 0.15) is 46.7 Å². The molecule has 1 aromatic carbocycles. The van der Waals surface area contributed by atoms with Gasteiger partial charge in [0.2, 0.25) is 0 Å². The molecule has 0 bridgehead atoms. The first kappa shape index (κ1) is 19.4. The molecule has 7 nitrogen and oxygen atoms in total. The van der Waals surface area contributed by atoms with E-state index in [1.165, 1.54) is 30.6 Å². The number of amides is 1. The van der Waals surface area contributed by atoms with Gasteiger partial charge in [0.05, 0.1) is 35.3 Å². The van der Waals surface area contributed by atoms with Crippen LogP contribution in [0.2, 0.25) is 0 Å². The molecular formula is C18H18N4O3S. The molecule has 26 heavy (non-hydrogen) atoms. The summed E-state index contributed by atoms with van der Waals surface area (Å²) in [6.45, 7) is 4.29. The SMILES string of the molecule is CC(C)CCSc1cnc(C(=O)Nc2ccc(C#N)cc2C(=O)O)cn1. The fourth-order valence-electron chi connectivity index (χ4n) is 1.99. The van der Waals surface area contributed by atoms with Gasteiger partial charge in [-0.1, -0.05) is 13.8 Å². The Morgan fingerprint density at radius 2 is 2.08 bits per heavy atom. The Labute approximate surface area is 155 Å². The van der Waals surface area contributed by atoms with Gasteiger partial charge in [-0.05, 0) is 36.3 Å². The van der Waals surface area contributed by atoms with E-state index < -0.39 is 11.9 Å². The number of thioether (sulfide) groups is 1. The standard InChI is InChI=1S/C18H18N4O3S/c1-11(2)5-6-26-16-10-20-15(9-21-16)17(23)22-14-4-3-12(8-19)7-13(14)18(24)25/h3-4,7,9-11H,5-6H2,1-2H3,(H,22,23)(H,24,25). The molecule has 2 rings (SSSR count). The first-order valence-corrected chi connectivity index (χ1v) is 8.93. The molecule has 2 N–H and O–H groups in total. The number of carbonyl (C=O) groups excluding carboxylic acids is 1. The minimum absolute atomic E-state index is 0.0823. The minimum atomic E-state index is -1.24. The van der Waals surface area contributed by atoms with Crippen LogP contribution in [0.25, 0.3) is 0 Å². The lowest BCUT2D eigenvalue weighted by Gasteiger charge is -2.09. The minimum Gasteiger partial charge on any atom is -0.478 e. The molecule has 2 aromatic rings. The molecular weight excluding hydrogens is 352 g/mol. The van der Waals surface area contributed by atoms with Crippen molar-refractivity contribution in [3.05, 3.63) is 47.4 Å². The third-order valence-corrected chi connectivity index (χ3v) is 4.38. The zero-order chi connectivity index (χ0) is 19.1. The number of aromatic nitrogens is 2. The third kappa shape index (κ3) is 5.29. The summed E-state index contributed by atoms with van der Waals surface area (Å²) in [5, 5.41) is 21.3. The van der Waals surface area contributed by atoms with Crippen molar-refractivity contribution in [2.75, 3.05) is 11.1 Å². The zero-order valence-corrected chi connectivity index (χ0v) is 15.2. The molecule has 0 aliphatic heterocycles. The molecule has 1 amide bonds. The monoisotopic (exact) mass is 370 g/mol. The molecule has 0 atom stereocenters. The second-order valence-corrected chi connectivity index (χ2v) is 7.02. The van der Waals surface area contributed by atoms with Gasteiger partial charge in [-0.3, -0.25) is 4.79 Å². The maximum Gasteiger partial charge on any atom is 0.337 e. The summed E-state index contributed by atoms with van der Waals surface area (Å²) in [5.41, 5.74) is 0.215. The van der Waals surface area contributed by atoms with Crippen LogP contribution in [0.4, 0.5) is 5.69 Å². The van der Waals surface area contributed by atoms with E-state index >= 15 is 0 Å². The lowest BCUT2D eigenvalue weighted by Crippen LogP contribution is -2.16.